The lowest BCUT2D eigenvalue weighted by molar-refractivity contribution is 0.148. The van der Waals surface area contributed by atoms with Crippen LogP contribution in [0, 0.1) is 0 Å². The molecule has 0 saturated carbocycles. The average molecular weight is 273 g/mol. The zero-order valence-corrected chi connectivity index (χ0v) is 9.52. The van der Waals surface area contributed by atoms with Crippen molar-refractivity contribution in [3.05, 3.63) is 11.8 Å². The summed E-state index contributed by atoms with van der Waals surface area (Å²) >= 11 is 0. The third kappa shape index (κ3) is 2.33. The van der Waals surface area contributed by atoms with E-state index < -0.39 is 37.5 Å². The number of nitrogens with two attached hydrogens (primary N) is 1. The molecule has 1 rings (SSSR count). The first-order valence-corrected chi connectivity index (χ1v) is 6.15. The highest BCUT2D eigenvalue weighted by Gasteiger charge is 2.29. The Balaban J connectivity index is 3.70. The fourth-order valence-corrected chi connectivity index (χ4v) is 2.37. The SMILES string of the molecule is COc1ncc(N)c(C(F)F)c1S(=O)(=O)Cl. The third-order valence-corrected chi connectivity index (χ3v) is 3.07. The molecule has 0 fully saturated rings. The lowest BCUT2D eigenvalue weighted by atomic mass is 10.2. The van der Waals surface area contributed by atoms with Crippen LogP contribution in [0.25, 0.3) is 0 Å². The summed E-state index contributed by atoms with van der Waals surface area (Å²) < 4.78 is 52.1. The van der Waals surface area contributed by atoms with Crippen LogP contribution in [0.2, 0.25) is 0 Å². The van der Waals surface area contributed by atoms with E-state index in [-0.39, 0.29) is 0 Å². The van der Waals surface area contributed by atoms with Crippen LogP contribution in [0.4, 0.5) is 14.5 Å². The first kappa shape index (κ1) is 12.9. The molecule has 5 nitrogen and oxygen atoms in total. The number of rotatable bonds is 3. The van der Waals surface area contributed by atoms with Crippen molar-refractivity contribution < 1.29 is 21.9 Å². The van der Waals surface area contributed by atoms with Crippen LogP contribution >= 0.6 is 10.7 Å². The minimum absolute atomic E-state index is 0.463. The number of alkyl halides is 2. The smallest absolute Gasteiger partial charge is 0.267 e. The number of hydrogen-bond donors (Lipinski definition) is 1. The van der Waals surface area contributed by atoms with Gasteiger partial charge in [0.25, 0.3) is 15.5 Å². The van der Waals surface area contributed by atoms with Crippen molar-refractivity contribution in [2.45, 2.75) is 11.3 Å². The molecule has 0 spiro atoms. The molecule has 0 aliphatic heterocycles. The minimum atomic E-state index is -4.42. The molecule has 1 heterocycles. The maximum absolute atomic E-state index is 12.6. The van der Waals surface area contributed by atoms with Crippen LogP contribution in [0.3, 0.4) is 0 Å². The molecule has 0 aliphatic rings. The molecule has 0 atom stereocenters. The number of anilines is 1. The number of ether oxygens (including phenoxy) is 1. The molecule has 1 aromatic heterocycles. The van der Waals surface area contributed by atoms with Gasteiger partial charge in [-0.05, 0) is 0 Å². The fourth-order valence-electron chi connectivity index (χ4n) is 1.11. The summed E-state index contributed by atoms with van der Waals surface area (Å²) in [5, 5.41) is 0. The van der Waals surface area contributed by atoms with E-state index in [1.165, 1.54) is 0 Å². The largest absolute Gasteiger partial charge is 0.480 e. The van der Waals surface area contributed by atoms with E-state index in [1.54, 1.807) is 0 Å². The summed E-state index contributed by atoms with van der Waals surface area (Å²) in [5.41, 5.74) is 3.86. The molecular formula is C7H7ClF2N2O3S. The van der Waals surface area contributed by atoms with Gasteiger partial charge in [-0.25, -0.2) is 22.2 Å². The van der Waals surface area contributed by atoms with E-state index in [0.29, 0.717) is 0 Å². The van der Waals surface area contributed by atoms with E-state index >= 15 is 0 Å². The monoisotopic (exact) mass is 272 g/mol. The molecule has 2 N–H and O–H groups in total. The number of halogens is 3. The quantitative estimate of drug-likeness (QED) is 0.844. The molecule has 0 saturated heterocycles. The first-order chi connectivity index (χ1) is 7.29. The summed E-state index contributed by atoms with van der Waals surface area (Å²) in [7, 11) is 1.69. The number of hydrogen-bond acceptors (Lipinski definition) is 5. The van der Waals surface area contributed by atoms with Gasteiger partial charge in [0.15, 0.2) is 4.90 Å². The molecule has 0 amide bonds. The Kier molecular flexibility index (Phi) is 3.54. The Bertz CT molecular complexity index is 507. The molecule has 1 aromatic rings. The number of nitrogens with zero attached hydrogens (tertiary/aromatic N) is 1. The Morgan fingerprint density at radius 3 is 2.50 bits per heavy atom. The van der Waals surface area contributed by atoms with Crippen molar-refractivity contribution in [1.29, 1.82) is 0 Å². The van der Waals surface area contributed by atoms with Crippen molar-refractivity contribution >= 4 is 25.4 Å². The van der Waals surface area contributed by atoms with Gasteiger partial charge in [-0.15, -0.1) is 0 Å². The molecule has 9 heteroatoms. The molecule has 90 valence electrons. The van der Waals surface area contributed by atoms with E-state index in [4.69, 9.17) is 16.4 Å². The highest BCUT2D eigenvalue weighted by molar-refractivity contribution is 8.13. The van der Waals surface area contributed by atoms with Crippen molar-refractivity contribution in [3.8, 4) is 5.88 Å². The summed E-state index contributed by atoms with van der Waals surface area (Å²) in [6, 6.07) is 0. The zero-order valence-electron chi connectivity index (χ0n) is 7.95. The Hall–Kier alpha value is -1.15. The highest BCUT2D eigenvalue weighted by atomic mass is 35.7. The second-order valence-corrected chi connectivity index (χ2v) is 5.21. The van der Waals surface area contributed by atoms with Gasteiger partial charge in [0, 0.05) is 10.7 Å². The third-order valence-electron chi connectivity index (χ3n) is 1.73. The van der Waals surface area contributed by atoms with E-state index in [0.717, 1.165) is 13.3 Å². The normalized spacial score (nSPS) is 11.8. The molecule has 0 aliphatic carbocycles. The Morgan fingerprint density at radius 2 is 2.12 bits per heavy atom. The van der Waals surface area contributed by atoms with Crippen molar-refractivity contribution in [2.24, 2.45) is 0 Å². The molecule has 0 radical (unpaired) electrons. The summed E-state index contributed by atoms with van der Waals surface area (Å²) in [5.74, 6) is -0.514. The number of aromatic nitrogens is 1. The molecular weight excluding hydrogens is 266 g/mol. The van der Waals surface area contributed by atoms with Crippen molar-refractivity contribution in [2.75, 3.05) is 12.8 Å². The number of pyridine rings is 1. The molecule has 0 unspecified atom stereocenters. The minimum Gasteiger partial charge on any atom is -0.480 e. The lowest BCUT2D eigenvalue weighted by Gasteiger charge is -2.11. The Labute approximate surface area is 94.6 Å². The van der Waals surface area contributed by atoms with Crippen LogP contribution in [-0.4, -0.2) is 20.5 Å². The van der Waals surface area contributed by atoms with E-state index in [9.17, 15) is 17.2 Å². The van der Waals surface area contributed by atoms with Gasteiger partial charge < -0.3 is 10.5 Å². The van der Waals surface area contributed by atoms with Gasteiger partial charge in [-0.2, -0.15) is 0 Å². The fraction of sp³-hybridized carbons (Fsp3) is 0.286. The van der Waals surface area contributed by atoms with Crippen LogP contribution in [0.15, 0.2) is 11.1 Å². The lowest BCUT2D eigenvalue weighted by Crippen LogP contribution is -2.07. The number of nitrogen functional groups attached to an aromatic ring is 1. The van der Waals surface area contributed by atoms with Gasteiger partial charge in [0.05, 0.1) is 24.6 Å². The van der Waals surface area contributed by atoms with E-state index in [1.807, 2.05) is 0 Å². The van der Waals surface area contributed by atoms with Gasteiger partial charge in [0.1, 0.15) is 0 Å². The van der Waals surface area contributed by atoms with E-state index in [2.05, 4.69) is 9.72 Å². The highest BCUT2D eigenvalue weighted by Crippen LogP contribution is 2.37. The van der Waals surface area contributed by atoms with Crippen LogP contribution in [0.1, 0.15) is 12.0 Å². The second-order valence-electron chi connectivity index (χ2n) is 2.70. The zero-order chi connectivity index (χ0) is 12.5. The van der Waals surface area contributed by atoms with Gasteiger partial charge in [-0.1, -0.05) is 0 Å². The molecule has 16 heavy (non-hydrogen) atoms. The maximum Gasteiger partial charge on any atom is 0.267 e. The van der Waals surface area contributed by atoms with Crippen LogP contribution < -0.4 is 10.5 Å². The topological polar surface area (TPSA) is 82.3 Å². The Morgan fingerprint density at radius 1 is 1.56 bits per heavy atom. The summed E-state index contributed by atoms with van der Waals surface area (Å²) in [6.45, 7) is 0. The van der Waals surface area contributed by atoms with Crippen molar-refractivity contribution in [3.63, 3.8) is 0 Å². The van der Waals surface area contributed by atoms with Crippen LogP contribution in [-0.2, 0) is 9.05 Å². The molecule has 0 bridgehead atoms. The second kappa shape index (κ2) is 4.38. The van der Waals surface area contributed by atoms with Gasteiger partial charge in [0.2, 0.25) is 5.88 Å². The van der Waals surface area contributed by atoms with Gasteiger partial charge >= 0.3 is 0 Å². The standard InChI is InChI=1S/C7H7ClF2N2O3S/c1-15-7-5(16(8,13)14)4(6(9)10)3(11)2-12-7/h2,6H,11H2,1H3. The van der Waals surface area contributed by atoms with Crippen molar-refractivity contribution in [1.82, 2.24) is 4.98 Å². The van der Waals surface area contributed by atoms with Gasteiger partial charge in [-0.3, -0.25) is 0 Å². The average Bonchev–Trinajstić information content (AvgIpc) is 2.15. The van der Waals surface area contributed by atoms with Crippen LogP contribution in [0.5, 0.6) is 5.88 Å². The summed E-state index contributed by atoms with van der Waals surface area (Å²) in [6.07, 6.45) is -2.22. The molecule has 0 aromatic carbocycles. The number of methoxy groups -OCH3 is 1. The maximum atomic E-state index is 12.6. The first-order valence-electron chi connectivity index (χ1n) is 3.84. The summed E-state index contributed by atoms with van der Waals surface area (Å²) in [4.78, 5) is 2.57. The predicted molar refractivity (Wildman–Crippen MR) is 53.2 cm³/mol. The predicted octanol–water partition coefficient (Wildman–Crippen LogP) is 1.54.